The maximum atomic E-state index is 13.6. The van der Waals surface area contributed by atoms with Crippen molar-refractivity contribution in [2.75, 3.05) is 7.05 Å². The Morgan fingerprint density at radius 2 is 1.95 bits per heavy atom. The van der Waals surface area contributed by atoms with Crippen LogP contribution >= 0.6 is 15.9 Å². The molecule has 1 unspecified atom stereocenters. The Morgan fingerprint density at radius 1 is 1.29 bits per heavy atom. The topological polar surface area (TPSA) is 55.2 Å². The molecular formula is C15H14BrFN2O2. The zero-order valence-corrected chi connectivity index (χ0v) is 12.9. The van der Waals surface area contributed by atoms with Crippen LogP contribution in [-0.4, -0.2) is 12.0 Å². The Labute approximate surface area is 130 Å². The van der Waals surface area contributed by atoms with Crippen LogP contribution in [-0.2, 0) is 6.42 Å². The third-order valence-electron chi connectivity index (χ3n) is 3.29. The average molecular weight is 353 g/mol. The van der Waals surface area contributed by atoms with E-state index in [1.54, 1.807) is 25.2 Å². The van der Waals surface area contributed by atoms with Crippen molar-refractivity contribution in [3.05, 3.63) is 74.0 Å². The molecule has 1 N–H and O–H groups in total. The lowest BCUT2D eigenvalue weighted by molar-refractivity contribution is -0.384. The van der Waals surface area contributed by atoms with Crippen molar-refractivity contribution in [3.63, 3.8) is 0 Å². The first-order valence-corrected chi connectivity index (χ1v) is 7.16. The number of benzene rings is 2. The van der Waals surface area contributed by atoms with Gasteiger partial charge in [0.1, 0.15) is 5.82 Å². The Morgan fingerprint density at radius 3 is 2.52 bits per heavy atom. The predicted octanol–water partition coefficient (Wildman–Crippen LogP) is 4.00. The highest BCUT2D eigenvalue weighted by Gasteiger charge is 2.16. The molecule has 2 rings (SSSR count). The number of nitrogens with one attached hydrogen (secondary N) is 1. The van der Waals surface area contributed by atoms with E-state index in [0.29, 0.717) is 10.9 Å². The fourth-order valence-corrected chi connectivity index (χ4v) is 2.69. The minimum atomic E-state index is -0.428. The second-order valence-corrected chi connectivity index (χ2v) is 5.40. The van der Waals surface area contributed by atoms with Crippen LogP contribution in [0.5, 0.6) is 0 Å². The first-order chi connectivity index (χ1) is 10.0. The summed E-state index contributed by atoms with van der Waals surface area (Å²) in [6.45, 7) is 0. The highest BCUT2D eigenvalue weighted by atomic mass is 79.9. The van der Waals surface area contributed by atoms with Crippen LogP contribution in [0.4, 0.5) is 10.1 Å². The number of halogens is 2. The number of hydrogen-bond donors (Lipinski definition) is 1. The van der Waals surface area contributed by atoms with Crippen LogP contribution in [0.2, 0.25) is 0 Å². The van der Waals surface area contributed by atoms with Gasteiger partial charge in [-0.05, 0) is 46.6 Å². The summed E-state index contributed by atoms with van der Waals surface area (Å²) in [6.07, 6.45) is 0.608. The van der Waals surface area contributed by atoms with Crippen LogP contribution in [0.25, 0.3) is 0 Å². The molecule has 0 aliphatic rings. The normalized spacial score (nSPS) is 12.1. The molecule has 0 aromatic heterocycles. The number of non-ortho nitro benzene ring substituents is 1. The van der Waals surface area contributed by atoms with Gasteiger partial charge in [-0.3, -0.25) is 10.1 Å². The molecule has 0 saturated heterocycles. The Hall–Kier alpha value is -1.79. The summed E-state index contributed by atoms with van der Waals surface area (Å²) in [7, 11) is 1.80. The number of nitrogens with zero attached hydrogens (tertiary/aromatic N) is 1. The average Bonchev–Trinajstić information content (AvgIpc) is 2.48. The van der Waals surface area contributed by atoms with Crippen molar-refractivity contribution in [1.29, 1.82) is 0 Å². The molecule has 0 amide bonds. The molecule has 2 aromatic rings. The van der Waals surface area contributed by atoms with Crippen molar-refractivity contribution < 1.29 is 9.31 Å². The van der Waals surface area contributed by atoms with Crippen molar-refractivity contribution in [2.24, 2.45) is 0 Å². The van der Waals surface area contributed by atoms with Crippen LogP contribution < -0.4 is 5.32 Å². The molecule has 0 spiro atoms. The van der Waals surface area contributed by atoms with E-state index in [4.69, 9.17) is 0 Å². The van der Waals surface area contributed by atoms with Gasteiger partial charge in [0.25, 0.3) is 5.69 Å². The first kappa shape index (κ1) is 15.6. The van der Waals surface area contributed by atoms with Gasteiger partial charge in [0.2, 0.25) is 0 Å². The quantitative estimate of drug-likeness (QED) is 0.653. The molecular weight excluding hydrogens is 339 g/mol. The molecule has 0 aliphatic carbocycles. The fraction of sp³-hybridized carbons (Fsp3) is 0.200. The zero-order chi connectivity index (χ0) is 15.4. The molecule has 21 heavy (non-hydrogen) atoms. The lowest BCUT2D eigenvalue weighted by atomic mass is 9.99. The van der Waals surface area contributed by atoms with Crippen molar-refractivity contribution in [1.82, 2.24) is 5.32 Å². The van der Waals surface area contributed by atoms with Gasteiger partial charge in [-0.1, -0.05) is 24.3 Å². The second kappa shape index (κ2) is 6.78. The van der Waals surface area contributed by atoms with Gasteiger partial charge in [-0.15, -0.1) is 0 Å². The molecule has 0 fully saturated rings. The van der Waals surface area contributed by atoms with Gasteiger partial charge in [-0.25, -0.2) is 4.39 Å². The Bertz CT molecular complexity index is 647. The smallest absolute Gasteiger partial charge is 0.269 e. The van der Waals surface area contributed by atoms with E-state index in [1.165, 1.54) is 18.2 Å². The molecule has 0 bridgehead atoms. The third-order valence-corrected chi connectivity index (χ3v) is 4.13. The Kier molecular flexibility index (Phi) is 5.03. The molecule has 4 nitrogen and oxygen atoms in total. The van der Waals surface area contributed by atoms with Gasteiger partial charge in [0.05, 0.1) is 9.40 Å². The number of nitro groups is 1. The maximum Gasteiger partial charge on any atom is 0.269 e. The number of nitro benzene ring substituents is 1. The van der Waals surface area contributed by atoms with E-state index < -0.39 is 4.92 Å². The summed E-state index contributed by atoms with van der Waals surface area (Å²) in [5, 5.41) is 13.8. The maximum absolute atomic E-state index is 13.6. The molecule has 0 radical (unpaired) electrons. The van der Waals surface area contributed by atoms with Gasteiger partial charge in [-0.2, -0.15) is 0 Å². The highest BCUT2D eigenvalue weighted by Crippen LogP contribution is 2.28. The van der Waals surface area contributed by atoms with Crippen LogP contribution in [0, 0.1) is 15.9 Å². The van der Waals surface area contributed by atoms with Crippen LogP contribution in [0.3, 0.4) is 0 Å². The first-order valence-electron chi connectivity index (χ1n) is 6.37. The van der Waals surface area contributed by atoms with E-state index >= 15 is 0 Å². The summed E-state index contributed by atoms with van der Waals surface area (Å²) in [5.41, 5.74) is 1.82. The molecule has 0 saturated carbocycles. The van der Waals surface area contributed by atoms with Crippen molar-refractivity contribution in [3.8, 4) is 0 Å². The molecule has 6 heteroatoms. The molecule has 1 atom stereocenters. The van der Waals surface area contributed by atoms with Crippen LogP contribution in [0.15, 0.2) is 46.9 Å². The largest absolute Gasteiger partial charge is 0.313 e. The van der Waals surface area contributed by atoms with Crippen molar-refractivity contribution >= 4 is 21.6 Å². The molecule has 2 aromatic carbocycles. The van der Waals surface area contributed by atoms with Gasteiger partial charge in [0, 0.05) is 18.2 Å². The number of hydrogen-bond acceptors (Lipinski definition) is 3. The van der Waals surface area contributed by atoms with Gasteiger partial charge >= 0.3 is 0 Å². The second-order valence-electron chi connectivity index (χ2n) is 4.61. The monoisotopic (exact) mass is 352 g/mol. The van der Waals surface area contributed by atoms with E-state index in [1.807, 2.05) is 6.07 Å². The van der Waals surface area contributed by atoms with E-state index in [2.05, 4.69) is 21.2 Å². The zero-order valence-electron chi connectivity index (χ0n) is 11.3. The van der Waals surface area contributed by atoms with Gasteiger partial charge in [0.15, 0.2) is 0 Å². The fourth-order valence-electron chi connectivity index (χ4n) is 2.15. The number of likely N-dealkylation sites (N-methyl/N-ethyl adjacent to an activating group) is 1. The van der Waals surface area contributed by atoms with E-state index in [0.717, 1.165) is 11.1 Å². The molecule has 0 aliphatic heterocycles. The Balaban J connectivity index is 2.23. The molecule has 110 valence electrons. The third kappa shape index (κ3) is 3.65. The van der Waals surface area contributed by atoms with E-state index in [-0.39, 0.29) is 17.5 Å². The minimum Gasteiger partial charge on any atom is -0.313 e. The lowest BCUT2D eigenvalue weighted by Crippen LogP contribution is -2.19. The summed E-state index contributed by atoms with van der Waals surface area (Å²) < 4.78 is 14.0. The van der Waals surface area contributed by atoms with Crippen LogP contribution in [0.1, 0.15) is 17.2 Å². The summed E-state index contributed by atoms with van der Waals surface area (Å²) >= 11 is 3.26. The summed E-state index contributed by atoms with van der Waals surface area (Å²) in [4.78, 5) is 10.2. The summed E-state index contributed by atoms with van der Waals surface area (Å²) in [5.74, 6) is -0.309. The summed E-state index contributed by atoms with van der Waals surface area (Å²) in [6, 6.07) is 11.2. The molecule has 0 heterocycles. The lowest BCUT2D eigenvalue weighted by Gasteiger charge is -2.18. The van der Waals surface area contributed by atoms with E-state index in [9.17, 15) is 14.5 Å². The minimum absolute atomic E-state index is 0.0618. The van der Waals surface area contributed by atoms with Gasteiger partial charge < -0.3 is 5.32 Å². The highest BCUT2D eigenvalue weighted by molar-refractivity contribution is 9.10. The van der Waals surface area contributed by atoms with Crippen molar-refractivity contribution in [2.45, 2.75) is 12.5 Å². The number of rotatable bonds is 5. The standard InChI is InChI=1S/C15H14BrFN2O2/c1-18-14(12-3-2-4-13(17)15(12)16)9-10-5-7-11(8-6-10)19(20)21/h2-8,14,18H,9H2,1H3. The SMILES string of the molecule is CNC(Cc1ccc([N+](=O)[O-])cc1)c1cccc(F)c1Br. The predicted molar refractivity (Wildman–Crippen MR) is 82.7 cm³/mol.